The molecule has 1 amide bonds. The lowest BCUT2D eigenvalue weighted by Crippen LogP contribution is -2.56. The fourth-order valence-corrected chi connectivity index (χ4v) is 2.01. The molecule has 1 fully saturated rings. The van der Waals surface area contributed by atoms with Crippen LogP contribution < -0.4 is 11.1 Å². The lowest BCUT2D eigenvalue weighted by molar-refractivity contribution is -0.189. The molecular weight excluding hydrogens is 235 g/mol. The Hall–Kier alpha value is -0.820. The van der Waals surface area contributed by atoms with Gasteiger partial charge in [-0.15, -0.1) is 0 Å². The van der Waals surface area contributed by atoms with E-state index in [1.165, 1.54) is 4.90 Å². The summed E-state index contributed by atoms with van der Waals surface area (Å²) in [4.78, 5) is 12.3. The van der Waals surface area contributed by atoms with Gasteiger partial charge in [0.1, 0.15) is 6.04 Å². The molecule has 0 aromatic heterocycles. The fraction of sp³-hybridized carbons (Fsp3) is 0.900. The number of rotatable bonds is 3. The first-order valence-electron chi connectivity index (χ1n) is 5.69. The summed E-state index contributed by atoms with van der Waals surface area (Å²) in [5.41, 5.74) is 5.55. The first-order chi connectivity index (χ1) is 7.86. The van der Waals surface area contributed by atoms with E-state index in [0.29, 0.717) is 0 Å². The number of carbonyl (C=O) groups is 1. The van der Waals surface area contributed by atoms with E-state index < -0.39 is 18.3 Å². The molecule has 1 saturated heterocycles. The Kier molecular flexibility index (Phi) is 4.76. The van der Waals surface area contributed by atoms with E-state index in [4.69, 9.17) is 5.73 Å². The SMILES string of the molecule is CCC(N)C(N1CCNC(=O)CC1)C(F)(F)F. The zero-order chi connectivity index (χ0) is 13.1. The van der Waals surface area contributed by atoms with Crippen molar-refractivity contribution in [3.8, 4) is 0 Å². The minimum Gasteiger partial charge on any atom is -0.355 e. The highest BCUT2D eigenvalue weighted by Crippen LogP contribution is 2.28. The van der Waals surface area contributed by atoms with Crippen LogP contribution >= 0.6 is 0 Å². The van der Waals surface area contributed by atoms with E-state index in [1.54, 1.807) is 6.92 Å². The Morgan fingerprint density at radius 3 is 2.65 bits per heavy atom. The molecule has 4 nitrogen and oxygen atoms in total. The summed E-state index contributed by atoms with van der Waals surface area (Å²) in [5.74, 6) is -0.210. The standard InChI is InChI=1S/C10H18F3N3O/c1-2-7(14)9(10(11,12)13)16-5-3-8(17)15-4-6-16/h7,9H,2-6,14H2,1H3,(H,15,17). The zero-order valence-electron chi connectivity index (χ0n) is 9.76. The molecule has 1 heterocycles. The van der Waals surface area contributed by atoms with Crippen LogP contribution in [0.3, 0.4) is 0 Å². The maximum atomic E-state index is 12.9. The molecule has 0 spiro atoms. The molecule has 0 saturated carbocycles. The first-order valence-corrected chi connectivity index (χ1v) is 5.69. The molecule has 0 aromatic carbocycles. The molecule has 0 aliphatic carbocycles. The molecule has 1 aliphatic heterocycles. The Morgan fingerprint density at radius 1 is 1.47 bits per heavy atom. The molecule has 2 unspecified atom stereocenters. The van der Waals surface area contributed by atoms with Crippen molar-refractivity contribution in [1.82, 2.24) is 10.2 Å². The van der Waals surface area contributed by atoms with E-state index in [1.807, 2.05) is 0 Å². The summed E-state index contributed by atoms with van der Waals surface area (Å²) in [6.45, 7) is 2.15. The van der Waals surface area contributed by atoms with Crippen LogP contribution in [-0.2, 0) is 4.79 Å². The van der Waals surface area contributed by atoms with Crippen LogP contribution in [0.2, 0.25) is 0 Å². The Balaban J connectivity index is 2.79. The first kappa shape index (κ1) is 14.2. The van der Waals surface area contributed by atoms with Gasteiger partial charge in [0.2, 0.25) is 5.91 Å². The van der Waals surface area contributed by atoms with E-state index in [0.717, 1.165) is 0 Å². The van der Waals surface area contributed by atoms with Crippen LogP contribution in [0.1, 0.15) is 19.8 Å². The number of carbonyl (C=O) groups excluding carboxylic acids is 1. The Bertz CT molecular complexity index is 270. The highest BCUT2D eigenvalue weighted by Gasteiger charge is 2.46. The minimum atomic E-state index is -4.36. The lowest BCUT2D eigenvalue weighted by atomic mass is 10.0. The number of hydrogen-bond donors (Lipinski definition) is 2. The van der Waals surface area contributed by atoms with E-state index in [2.05, 4.69) is 5.32 Å². The molecule has 2 atom stereocenters. The summed E-state index contributed by atoms with van der Waals surface area (Å²) in [6.07, 6.45) is -4.02. The van der Waals surface area contributed by atoms with Crippen molar-refractivity contribution in [2.75, 3.05) is 19.6 Å². The van der Waals surface area contributed by atoms with Crippen molar-refractivity contribution in [2.24, 2.45) is 5.73 Å². The van der Waals surface area contributed by atoms with Crippen LogP contribution in [0.15, 0.2) is 0 Å². The van der Waals surface area contributed by atoms with Gasteiger partial charge >= 0.3 is 6.18 Å². The second-order valence-corrected chi connectivity index (χ2v) is 4.19. The Labute approximate surface area is 98.3 Å². The summed E-state index contributed by atoms with van der Waals surface area (Å²) in [5, 5.41) is 2.55. The predicted octanol–water partition coefficient (Wildman–Crippen LogP) is 0.476. The second kappa shape index (κ2) is 5.68. The minimum absolute atomic E-state index is 0.0863. The van der Waals surface area contributed by atoms with Crippen LogP contribution in [0.25, 0.3) is 0 Å². The quantitative estimate of drug-likeness (QED) is 0.769. The smallest absolute Gasteiger partial charge is 0.355 e. The van der Waals surface area contributed by atoms with Gasteiger partial charge in [0.25, 0.3) is 0 Å². The number of nitrogens with two attached hydrogens (primary N) is 1. The number of amides is 1. The van der Waals surface area contributed by atoms with Crippen molar-refractivity contribution in [1.29, 1.82) is 0 Å². The molecule has 17 heavy (non-hydrogen) atoms. The van der Waals surface area contributed by atoms with Gasteiger partial charge in [-0.25, -0.2) is 0 Å². The molecule has 0 radical (unpaired) electrons. The van der Waals surface area contributed by atoms with Crippen molar-refractivity contribution in [2.45, 2.75) is 38.0 Å². The average Bonchev–Trinajstić information content (AvgIpc) is 2.42. The van der Waals surface area contributed by atoms with E-state index in [-0.39, 0.29) is 38.4 Å². The van der Waals surface area contributed by atoms with Crippen molar-refractivity contribution in [3.05, 3.63) is 0 Å². The largest absolute Gasteiger partial charge is 0.405 e. The van der Waals surface area contributed by atoms with Crippen LogP contribution in [0.4, 0.5) is 13.2 Å². The molecule has 3 N–H and O–H groups in total. The topological polar surface area (TPSA) is 58.4 Å². The van der Waals surface area contributed by atoms with Crippen LogP contribution in [0, 0.1) is 0 Å². The van der Waals surface area contributed by atoms with Crippen molar-refractivity contribution < 1.29 is 18.0 Å². The third kappa shape index (κ3) is 3.85. The van der Waals surface area contributed by atoms with Crippen LogP contribution in [0.5, 0.6) is 0 Å². The van der Waals surface area contributed by atoms with Gasteiger partial charge in [-0.05, 0) is 6.42 Å². The van der Waals surface area contributed by atoms with Gasteiger partial charge < -0.3 is 11.1 Å². The van der Waals surface area contributed by atoms with Crippen LogP contribution in [-0.4, -0.2) is 48.7 Å². The third-order valence-corrected chi connectivity index (χ3v) is 2.95. The molecular formula is C10H18F3N3O. The number of hydrogen-bond acceptors (Lipinski definition) is 3. The number of alkyl halides is 3. The number of halogens is 3. The number of nitrogens with zero attached hydrogens (tertiary/aromatic N) is 1. The summed E-state index contributed by atoms with van der Waals surface area (Å²) < 4.78 is 38.8. The average molecular weight is 253 g/mol. The van der Waals surface area contributed by atoms with Crippen molar-refractivity contribution in [3.63, 3.8) is 0 Å². The highest BCUT2D eigenvalue weighted by atomic mass is 19.4. The molecule has 0 aromatic rings. The molecule has 1 rings (SSSR count). The van der Waals surface area contributed by atoms with Gasteiger partial charge in [-0.2, -0.15) is 13.2 Å². The molecule has 7 heteroatoms. The van der Waals surface area contributed by atoms with Gasteiger partial charge in [0.15, 0.2) is 0 Å². The maximum Gasteiger partial charge on any atom is 0.405 e. The molecule has 1 aliphatic rings. The predicted molar refractivity (Wildman–Crippen MR) is 57.3 cm³/mol. The normalized spacial score (nSPS) is 22.8. The highest BCUT2D eigenvalue weighted by molar-refractivity contribution is 5.76. The molecule has 100 valence electrons. The van der Waals surface area contributed by atoms with Crippen molar-refractivity contribution >= 4 is 5.91 Å². The van der Waals surface area contributed by atoms with Gasteiger partial charge in [-0.1, -0.05) is 6.92 Å². The number of nitrogens with one attached hydrogen (secondary N) is 1. The third-order valence-electron chi connectivity index (χ3n) is 2.95. The molecule has 0 bridgehead atoms. The van der Waals surface area contributed by atoms with Gasteiger partial charge in [0.05, 0.1) is 0 Å². The summed E-state index contributed by atoms with van der Waals surface area (Å²) in [6, 6.07) is -2.62. The van der Waals surface area contributed by atoms with E-state index >= 15 is 0 Å². The monoisotopic (exact) mass is 253 g/mol. The summed E-state index contributed by atoms with van der Waals surface area (Å²) in [7, 11) is 0. The maximum absolute atomic E-state index is 12.9. The lowest BCUT2D eigenvalue weighted by Gasteiger charge is -2.35. The zero-order valence-corrected chi connectivity index (χ0v) is 9.76. The van der Waals surface area contributed by atoms with E-state index in [9.17, 15) is 18.0 Å². The van der Waals surface area contributed by atoms with Gasteiger partial charge in [0, 0.05) is 32.1 Å². The summed E-state index contributed by atoms with van der Waals surface area (Å²) >= 11 is 0. The fourth-order valence-electron chi connectivity index (χ4n) is 2.01. The Morgan fingerprint density at radius 2 is 2.12 bits per heavy atom. The second-order valence-electron chi connectivity index (χ2n) is 4.19. The van der Waals surface area contributed by atoms with Gasteiger partial charge in [-0.3, -0.25) is 9.69 Å².